The largest absolute Gasteiger partial charge is 1.00 e. The molecule has 2 fully saturated rings. The second kappa shape index (κ2) is 6.23. The minimum Gasteiger partial charge on any atom is -0.447 e. The molecule has 1 aromatic rings. The fourth-order valence-electron chi connectivity index (χ4n) is 5.15. The van der Waals surface area contributed by atoms with E-state index >= 15 is 0 Å². The molecule has 0 bridgehead atoms. The number of amides is 1. The van der Waals surface area contributed by atoms with Crippen LogP contribution < -0.4 is 18.9 Å². The van der Waals surface area contributed by atoms with E-state index in [0.29, 0.717) is 6.61 Å². The first-order valence-electron chi connectivity index (χ1n) is 9.24. The quantitative estimate of drug-likeness (QED) is 0.566. The van der Waals surface area contributed by atoms with Crippen molar-refractivity contribution in [2.24, 2.45) is 5.92 Å². The molecule has 1 unspecified atom stereocenters. The van der Waals surface area contributed by atoms with Crippen LogP contribution in [0.2, 0.25) is 0 Å². The molecule has 136 valence electrons. The molecule has 5 heteroatoms. The van der Waals surface area contributed by atoms with Gasteiger partial charge >= 0.3 is 25.0 Å². The molecule has 1 heterocycles. The molecule has 4 nitrogen and oxygen atoms in total. The molecule has 1 saturated carbocycles. The zero-order chi connectivity index (χ0) is 18.0. The zero-order valence-electron chi connectivity index (χ0n) is 16.8. The second-order valence-corrected chi connectivity index (χ2v) is 9.04. The van der Waals surface area contributed by atoms with Gasteiger partial charge in [-0.3, -0.25) is 4.90 Å². The Balaban J connectivity index is 0.00000196. The Kier molecular flexibility index (Phi) is 4.71. The van der Waals surface area contributed by atoms with E-state index in [1.54, 1.807) is 4.90 Å². The topological polar surface area (TPSA) is 38.8 Å². The maximum atomic E-state index is 13.0. The van der Waals surface area contributed by atoms with Crippen LogP contribution in [0.4, 0.5) is 4.79 Å². The summed E-state index contributed by atoms with van der Waals surface area (Å²) in [5, 5.41) is 0. The van der Waals surface area contributed by atoms with Gasteiger partial charge < -0.3 is 9.47 Å². The molecule has 2 aliphatic carbocycles. The minimum absolute atomic E-state index is 0. The van der Waals surface area contributed by atoms with Crippen LogP contribution in [0.15, 0.2) is 24.3 Å². The van der Waals surface area contributed by atoms with Gasteiger partial charge in [0.25, 0.3) is 0 Å². The van der Waals surface area contributed by atoms with Crippen molar-refractivity contribution in [2.75, 3.05) is 6.61 Å². The van der Waals surface area contributed by atoms with Gasteiger partial charge in [-0.15, -0.1) is 17.7 Å². The minimum atomic E-state index is -0.634. The predicted molar refractivity (Wildman–Crippen MR) is 96.1 cm³/mol. The summed E-state index contributed by atoms with van der Waals surface area (Å²) < 4.78 is 11.9. The van der Waals surface area contributed by atoms with Crippen LogP contribution in [-0.2, 0) is 14.9 Å². The number of benzene rings is 1. The van der Waals surface area contributed by atoms with Gasteiger partial charge in [0, 0.05) is 0 Å². The third-order valence-electron chi connectivity index (χ3n) is 6.38. The Labute approximate surface area is 168 Å². The van der Waals surface area contributed by atoms with Crippen molar-refractivity contribution < 1.29 is 33.1 Å². The zero-order valence-corrected chi connectivity index (χ0v) is 16.8. The first-order chi connectivity index (χ1) is 11.7. The Morgan fingerprint density at radius 1 is 1.23 bits per heavy atom. The number of fused-ring (bicyclic) bond motifs is 3. The number of carbonyl (C=O) groups excluding carboxylic acids is 1. The summed E-state index contributed by atoms with van der Waals surface area (Å²) in [6.07, 6.45) is 3.93. The first kappa shape index (κ1) is 19.7. The standard InChI is InChI=1S/C21H28NO3.Li/c1-19(2)13-24-20(3,4)22(19)18(23)25-17-10-11-21(5)15-9-7-6-8-14(15)12-16(17)21;/h6-9,12,16-17H,10-11,13H2,1-5H3;/q-1;+1/t16?,17-,21+;/m1./s1. The van der Waals surface area contributed by atoms with E-state index in [1.807, 2.05) is 27.7 Å². The molecule has 1 amide bonds. The summed E-state index contributed by atoms with van der Waals surface area (Å²) in [5.41, 5.74) is 1.77. The molecular formula is C21H28LiNO3. The van der Waals surface area contributed by atoms with Crippen molar-refractivity contribution in [2.45, 2.75) is 70.2 Å². The summed E-state index contributed by atoms with van der Waals surface area (Å²) in [5.74, 6) is 0.253. The smallest absolute Gasteiger partial charge is 0.447 e. The maximum absolute atomic E-state index is 13.0. The second-order valence-electron chi connectivity index (χ2n) is 9.04. The first-order valence-corrected chi connectivity index (χ1v) is 9.24. The van der Waals surface area contributed by atoms with Crippen LogP contribution in [0.25, 0.3) is 0 Å². The van der Waals surface area contributed by atoms with E-state index in [1.165, 1.54) is 11.1 Å². The average molecular weight is 349 g/mol. The van der Waals surface area contributed by atoms with Crippen LogP contribution in [0.1, 0.15) is 58.6 Å². The van der Waals surface area contributed by atoms with Crippen molar-refractivity contribution in [3.05, 3.63) is 41.8 Å². The molecule has 1 saturated heterocycles. The number of rotatable bonds is 1. The fraction of sp³-hybridized carbons (Fsp3) is 0.619. The van der Waals surface area contributed by atoms with Crippen molar-refractivity contribution in [1.82, 2.24) is 4.90 Å². The van der Waals surface area contributed by atoms with Gasteiger partial charge in [-0.05, 0) is 40.0 Å². The molecule has 0 aromatic heterocycles. The summed E-state index contributed by atoms with van der Waals surface area (Å²) >= 11 is 0. The van der Waals surface area contributed by atoms with E-state index in [4.69, 9.17) is 9.47 Å². The fourth-order valence-corrected chi connectivity index (χ4v) is 5.15. The number of hydrogen-bond donors (Lipinski definition) is 0. The molecular weight excluding hydrogens is 321 g/mol. The molecule has 1 aliphatic heterocycles. The van der Waals surface area contributed by atoms with E-state index in [2.05, 4.69) is 37.6 Å². The van der Waals surface area contributed by atoms with Gasteiger partial charge in [-0.2, -0.15) is 18.1 Å². The third kappa shape index (κ3) is 2.78. The number of nitrogens with zero attached hydrogens (tertiary/aromatic N) is 1. The SMILES string of the molecule is CC1(C)COC(C)(C)N1C(=O)O[C@@H]1CC[C@@]2(C)c3ccccc3[CH-]C12.[Li+]. The van der Waals surface area contributed by atoms with Gasteiger partial charge in [0.2, 0.25) is 0 Å². The molecule has 0 radical (unpaired) electrons. The number of ether oxygens (including phenoxy) is 2. The molecule has 3 aliphatic rings. The Hall–Kier alpha value is -1.08. The average Bonchev–Trinajstić information content (AvgIpc) is 3.07. The molecule has 1 aromatic carbocycles. The molecule has 0 N–H and O–H groups in total. The molecule has 0 spiro atoms. The Morgan fingerprint density at radius 3 is 2.58 bits per heavy atom. The summed E-state index contributed by atoms with van der Waals surface area (Å²) in [6.45, 7) is 10.7. The third-order valence-corrected chi connectivity index (χ3v) is 6.38. The normalized spacial score (nSPS) is 33.0. The summed E-state index contributed by atoms with van der Waals surface area (Å²) in [7, 11) is 0. The van der Waals surface area contributed by atoms with Crippen LogP contribution in [0.3, 0.4) is 0 Å². The van der Waals surface area contributed by atoms with Crippen LogP contribution >= 0.6 is 0 Å². The maximum Gasteiger partial charge on any atom is 1.00 e. The number of carbonyl (C=O) groups is 1. The molecule has 26 heavy (non-hydrogen) atoms. The van der Waals surface area contributed by atoms with Crippen molar-refractivity contribution in [3.63, 3.8) is 0 Å². The van der Waals surface area contributed by atoms with Crippen LogP contribution in [0, 0.1) is 12.3 Å². The van der Waals surface area contributed by atoms with Gasteiger partial charge in [0.05, 0.1) is 18.2 Å². The van der Waals surface area contributed by atoms with Gasteiger partial charge in [0.1, 0.15) is 5.72 Å². The Bertz CT molecular complexity index is 701. The number of hydrogen-bond acceptors (Lipinski definition) is 3. The molecule has 3 atom stereocenters. The van der Waals surface area contributed by atoms with Crippen molar-refractivity contribution >= 4 is 6.09 Å². The van der Waals surface area contributed by atoms with E-state index in [0.717, 1.165) is 12.8 Å². The Morgan fingerprint density at radius 2 is 1.92 bits per heavy atom. The summed E-state index contributed by atoms with van der Waals surface area (Å²) in [4.78, 5) is 14.8. The van der Waals surface area contributed by atoms with Crippen LogP contribution in [0.5, 0.6) is 0 Å². The van der Waals surface area contributed by atoms with Crippen LogP contribution in [-0.4, -0.2) is 35.0 Å². The molecule has 4 rings (SSSR count). The van der Waals surface area contributed by atoms with Gasteiger partial charge in [0.15, 0.2) is 0 Å². The monoisotopic (exact) mass is 349 g/mol. The predicted octanol–water partition coefficient (Wildman–Crippen LogP) is 1.28. The van der Waals surface area contributed by atoms with Gasteiger partial charge in [-0.1, -0.05) is 24.8 Å². The summed E-state index contributed by atoms with van der Waals surface area (Å²) in [6, 6.07) is 8.56. The van der Waals surface area contributed by atoms with E-state index in [9.17, 15) is 4.79 Å². The van der Waals surface area contributed by atoms with E-state index in [-0.39, 0.29) is 47.9 Å². The van der Waals surface area contributed by atoms with E-state index < -0.39 is 5.72 Å². The van der Waals surface area contributed by atoms with Gasteiger partial charge in [-0.25, -0.2) is 4.79 Å². The van der Waals surface area contributed by atoms with Crippen molar-refractivity contribution in [3.8, 4) is 0 Å². The van der Waals surface area contributed by atoms with Crippen molar-refractivity contribution in [1.29, 1.82) is 0 Å².